The first-order valence-corrected chi connectivity index (χ1v) is 11.1. The number of carboxylic acid groups (broad SMARTS) is 1. The minimum Gasteiger partial charge on any atom is -0.477 e. The molecule has 0 aliphatic carbocycles. The van der Waals surface area contributed by atoms with Crippen LogP contribution in [0.15, 0.2) is 66.9 Å². The number of hydrogen-bond donors (Lipinski definition) is 2. The highest BCUT2D eigenvalue weighted by Crippen LogP contribution is 2.21. The van der Waals surface area contributed by atoms with Crippen molar-refractivity contribution in [2.45, 2.75) is 32.7 Å². The first-order valence-electron chi connectivity index (χ1n) is 11.1. The molecule has 2 atom stereocenters. The molecule has 1 heterocycles. The lowest BCUT2D eigenvalue weighted by Crippen LogP contribution is -2.39. The van der Waals surface area contributed by atoms with Gasteiger partial charge in [0.2, 0.25) is 5.82 Å². The van der Waals surface area contributed by atoms with Crippen LogP contribution in [0.3, 0.4) is 0 Å². The quantitative estimate of drug-likeness (QED) is 0.441. The molecule has 0 aliphatic rings. The number of amides is 1. The lowest BCUT2D eigenvalue weighted by Gasteiger charge is -2.21. The summed E-state index contributed by atoms with van der Waals surface area (Å²) in [6.07, 6.45) is 2.02. The highest BCUT2D eigenvalue weighted by molar-refractivity contribution is 5.92. The number of aromatic nitrogens is 2. The highest BCUT2D eigenvalue weighted by Gasteiger charge is 2.23. The van der Waals surface area contributed by atoms with Crippen molar-refractivity contribution in [3.63, 3.8) is 0 Å². The lowest BCUT2D eigenvalue weighted by atomic mass is 9.95. The molecule has 0 saturated carbocycles. The van der Waals surface area contributed by atoms with Crippen molar-refractivity contribution in [3.8, 4) is 11.1 Å². The topological polar surface area (TPSA) is 118 Å². The van der Waals surface area contributed by atoms with E-state index in [1.807, 2.05) is 54.6 Å². The Morgan fingerprint density at radius 2 is 1.68 bits per heavy atom. The number of nitrogens with one attached hydrogen (secondary N) is 1. The molecule has 34 heavy (non-hydrogen) atoms. The van der Waals surface area contributed by atoms with E-state index in [0.29, 0.717) is 12.8 Å². The number of aromatic carboxylic acids is 1. The molecule has 8 nitrogen and oxygen atoms in total. The SMILES string of the molecule is CCOC(=O)[C@H](C)C[C@@H](Cc1ccc(-c2ccccc2)cc1)NC(=O)c1nccc(C(=O)O)n1. The molecule has 0 aliphatic heterocycles. The summed E-state index contributed by atoms with van der Waals surface area (Å²) in [6, 6.07) is 18.8. The lowest BCUT2D eigenvalue weighted by molar-refractivity contribution is -0.147. The Balaban J connectivity index is 1.77. The Bertz CT molecular complexity index is 1130. The number of carbonyl (C=O) groups excluding carboxylic acids is 2. The number of esters is 1. The zero-order valence-corrected chi connectivity index (χ0v) is 19.1. The van der Waals surface area contributed by atoms with Gasteiger partial charge in [0.1, 0.15) is 0 Å². The average Bonchev–Trinajstić information content (AvgIpc) is 2.85. The first-order chi connectivity index (χ1) is 16.4. The number of nitrogens with zero attached hydrogens (tertiary/aromatic N) is 2. The molecule has 0 spiro atoms. The van der Waals surface area contributed by atoms with Crippen molar-refractivity contribution in [1.82, 2.24) is 15.3 Å². The molecule has 0 fully saturated rings. The maximum atomic E-state index is 12.8. The van der Waals surface area contributed by atoms with E-state index >= 15 is 0 Å². The normalized spacial score (nSPS) is 12.4. The number of carboxylic acids is 1. The summed E-state index contributed by atoms with van der Waals surface area (Å²) in [5.41, 5.74) is 2.88. The minimum atomic E-state index is -1.25. The second-order valence-corrected chi connectivity index (χ2v) is 7.90. The van der Waals surface area contributed by atoms with Gasteiger partial charge in [-0.1, -0.05) is 61.5 Å². The summed E-state index contributed by atoms with van der Waals surface area (Å²) >= 11 is 0. The van der Waals surface area contributed by atoms with E-state index in [0.717, 1.165) is 16.7 Å². The number of benzene rings is 2. The zero-order valence-electron chi connectivity index (χ0n) is 19.1. The van der Waals surface area contributed by atoms with Crippen molar-refractivity contribution in [1.29, 1.82) is 0 Å². The maximum Gasteiger partial charge on any atom is 0.354 e. The van der Waals surface area contributed by atoms with Gasteiger partial charge in [0.25, 0.3) is 5.91 Å². The van der Waals surface area contributed by atoms with Crippen molar-refractivity contribution in [3.05, 3.63) is 83.9 Å². The van der Waals surface area contributed by atoms with Gasteiger partial charge in [0.15, 0.2) is 5.69 Å². The standard InChI is InChI=1S/C26H27N3O5/c1-3-34-26(33)17(2)15-21(28-24(30)23-27-14-13-22(29-23)25(31)32)16-18-9-11-20(12-10-18)19-7-5-4-6-8-19/h4-14,17,21H,3,15-16H2,1-2H3,(H,28,30)(H,31,32)/t17-,21+/m1/s1. The molecule has 0 saturated heterocycles. The molecule has 176 valence electrons. The van der Waals surface area contributed by atoms with E-state index in [-0.39, 0.29) is 24.1 Å². The molecular formula is C26H27N3O5. The summed E-state index contributed by atoms with van der Waals surface area (Å²) in [5.74, 6) is -2.88. The van der Waals surface area contributed by atoms with Crippen molar-refractivity contribution < 1.29 is 24.2 Å². The maximum absolute atomic E-state index is 12.8. The largest absolute Gasteiger partial charge is 0.477 e. The van der Waals surface area contributed by atoms with E-state index in [9.17, 15) is 14.4 Å². The smallest absolute Gasteiger partial charge is 0.354 e. The Labute approximate surface area is 198 Å². The molecule has 2 N–H and O–H groups in total. The van der Waals surface area contributed by atoms with Crippen LogP contribution in [0.1, 0.15) is 46.9 Å². The zero-order chi connectivity index (χ0) is 24.5. The first kappa shape index (κ1) is 24.6. The predicted octanol–water partition coefficient (Wildman–Crippen LogP) is 3.77. The number of ether oxygens (including phenoxy) is 1. The summed E-state index contributed by atoms with van der Waals surface area (Å²) in [6.45, 7) is 3.76. The van der Waals surface area contributed by atoms with Crippen molar-refractivity contribution in [2.24, 2.45) is 5.92 Å². The Kier molecular flexibility index (Phi) is 8.45. The summed E-state index contributed by atoms with van der Waals surface area (Å²) < 4.78 is 5.11. The van der Waals surface area contributed by atoms with E-state index in [4.69, 9.17) is 9.84 Å². The third-order valence-corrected chi connectivity index (χ3v) is 5.28. The molecule has 0 bridgehead atoms. The third-order valence-electron chi connectivity index (χ3n) is 5.28. The van der Waals surface area contributed by atoms with Crippen LogP contribution in [-0.4, -0.2) is 45.6 Å². The van der Waals surface area contributed by atoms with Gasteiger partial charge < -0.3 is 15.2 Å². The van der Waals surface area contributed by atoms with Crippen LogP contribution in [0.2, 0.25) is 0 Å². The van der Waals surface area contributed by atoms with Gasteiger partial charge in [0, 0.05) is 12.2 Å². The van der Waals surface area contributed by atoms with Crippen LogP contribution >= 0.6 is 0 Å². The van der Waals surface area contributed by atoms with Crippen LogP contribution in [0.4, 0.5) is 0 Å². The fourth-order valence-electron chi connectivity index (χ4n) is 3.59. The van der Waals surface area contributed by atoms with Crippen LogP contribution in [0, 0.1) is 5.92 Å². The van der Waals surface area contributed by atoms with Crippen LogP contribution in [0.5, 0.6) is 0 Å². The Hall–Kier alpha value is -4.07. The summed E-state index contributed by atoms with van der Waals surface area (Å²) in [7, 11) is 0. The van der Waals surface area contributed by atoms with Crippen LogP contribution < -0.4 is 5.32 Å². The Morgan fingerprint density at radius 3 is 2.32 bits per heavy atom. The fraction of sp³-hybridized carbons (Fsp3) is 0.269. The monoisotopic (exact) mass is 461 g/mol. The van der Waals surface area contributed by atoms with Gasteiger partial charge in [-0.3, -0.25) is 9.59 Å². The van der Waals surface area contributed by atoms with E-state index in [1.165, 1.54) is 12.3 Å². The molecule has 1 amide bonds. The average molecular weight is 462 g/mol. The molecule has 3 aromatic rings. The molecule has 8 heteroatoms. The van der Waals surface area contributed by atoms with E-state index < -0.39 is 23.8 Å². The molecule has 2 aromatic carbocycles. The third kappa shape index (κ3) is 6.71. The van der Waals surface area contributed by atoms with Gasteiger partial charge in [-0.05, 0) is 42.5 Å². The number of hydrogen-bond acceptors (Lipinski definition) is 6. The fourth-order valence-corrected chi connectivity index (χ4v) is 3.59. The van der Waals surface area contributed by atoms with Gasteiger partial charge >= 0.3 is 11.9 Å². The molecule has 3 rings (SSSR count). The van der Waals surface area contributed by atoms with Crippen LogP contribution in [0.25, 0.3) is 11.1 Å². The van der Waals surface area contributed by atoms with Gasteiger partial charge in [0.05, 0.1) is 12.5 Å². The van der Waals surface area contributed by atoms with Gasteiger partial charge in [-0.25, -0.2) is 14.8 Å². The predicted molar refractivity (Wildman–Crippen MR) is 126 cm³/mol. The van der Waals surface area contributed by atoms with Crippen molar-refractivity contribution in [2.75, 3.05) is 6.61 Å². The summed E-state index contributed by atoms with van der Waals surface area (Å²) in [5, 5.41) is 12.0. The molecule has 1 aromatic heterocycles. The van der Waals surface area contributed by atoms with Gasteiger partial charge in [-0.15, -0.1) is 0 Å². The Morgan fingerprint density at radius 1 is 1.00 bits per heavy atom. The second kappa shape index (κ2) is 11.7. The molecule has 0 unspecified atom stereocenters. The van der Waals surface area contributed by atoms with Crippen molar-refractivity contribution >= 4 is 17.8 Å². The summed E-state index contributed by atoms with van der Waals surface area (Å²) in [4.78, 5) is 43.9. The van der Waals surface area contributed by atoms with E-state index in [1.54, 1.807) is 13.8 Å². The van der Waals surface area contributed by atoms with E-state index in [2.05, 4.69) is 15.3 Å². The minimum absolute atomic E-state index is 0.242. The second-order valence-electron chi connectivity index (χ2n) is 7.90. The highest BCUT2D eigenvalue weighted by atomic mass is 16.5. The number of carbonyl (C=O) groups is 3. The van der Waals surface area contributed by atoms with Crippen LogP contribution in [-0.2, 0) is 16.0 Å². The number of rotatable bonds is 10. The molecule has 0 radical (unpaired) electrons. The van der Waals surface area contributed by atoms with Gasteiger partial charge in [-0.2, -0.15) is 0 Å². The molecular weight excluding hydrogens is 434 g/mol.